The number of piperidine rings is 1. The number of rotatable bonds is 3. The van der Waals surface area contributed by atoms with Gasteiger partial charge in [-0.05, 0) is 35.6 Å². The third-order valence-corrected chi connectivity index (χ3v) is 3.28. The molecule has 2 atom stereocenters. The van der Waals surface area contributed by atoms with E-state index < -0.39 is 0 Å². The number of likely N-dealkylation sites (tertiary alicyclic amines) is 1. The van der Waals surface area contributed by atoms with Crippen LogP contribution in [-0.2, 0) is 6.54 Å². The molecule has 0 spiro atoms. The van der Waals surface area contributed by atoms with Gasteiger partial charge in [-0.2, -0.15) is 0 Å². The zero-order valence-electron chi connectivity index (χ0n) is 10.4. The Labute approximate surface area is 96.8 Å². The van der Waals surface area contributed by atoms with Crippen molar-refractivity contribution in [2.75, 3.05) is 19.6 Å². The zero-order valence-corrected chi connectivity index (χ0v) is 10.4. The van der Waals surface area contributed by atoms with Crippen molar-refractivity contribution in [3.05, 3.63) is 5.82 Å². The first kappa shape index (κ1) is 11.5. The molecule has 5 heteroatoms. The lowest BCUT2D eigenvalue weighted by atomic mass is 9.92. The van der Waals surface area contributed by atoms with Crippen LogP contribution >= 0.6 is 0 Å². The fourth-order valence-electron chi connectivity index (χ4n) is 2.67. The van der Waals surface area contributed by atoms with E-state index in [2.05, 4.69) is 34.3 Å². The second-order valence-electron chi connectivity index (χ2n) is 5.15. The van der Waals surface area contributed by atoms with Gasteiger partial charge in [0, 0.05) is 19.6 Å². The van der Waals surface area contributed by atoms with E-state index in [4.69, 9.17) is 0 Å². The van der Waals surface area contributed by atoms with Crippen LogP contribution in [0.25, 0.3) is 0 Å². The maximum absolute atomic E-state index is 3.97. The maximum Gasteiger partial charge on any atom is 0.148 e. The van der Waals surface area contributed by atoms with Gasteiger partial charge in [-0.15, -0.1) is 5.10 Å². The molecule has 1 aliphatic heterocycles. The molecule has 90 valence electrons. The summed E-state index contributed by atoms with van der Waals surface area (Å²) in [6, 6.07) is 0. The zero-order chi connectivity index (χ0) is 11.5. The van der Waals surface area contributed by atoms with Gasteiger partial charge in [0.2, 0.25) is 0 Å². The van der Waals surface area contributed by atoms with Crippen LogP contribution in [0, 0.1) is 18.8 Å². The first-order valence-corrected chi connectivity index (χ1v) is 6.10. The van der Waals surface area contributed by atoms with Crippen molar-refractivity contribution in [3.8, 4) is 0 Å². The average Bonchev–Trinajstić information content (AvgIpc) is 2.59. The highest BCUT2D eigenvalue weighted by molar-refractivity contribution is 4.77. The molecule has 0 aromatic carbocycles. The highest BCUT2D eigenvalue weighted by atomic mass is 15.5. The molecule has 0 aliphatic carbocycles. The van der Waals surface area contributed by atoms with Crippen molar-refractivity contribution in [2.24, 2.45) is 11.8 Å². The van der Waals surface area contributed by atoms with Crippen LogP contribution in [0.5, 0.6) is 0 Å². The van der Waals surface area contributed by atoms with E-state index in [0.29, 0.717) is 0 Å². The van der Waals surface area contributed by atoms with E-state index in [1.807, 2.05) is 11.6 Å². The van der Waals surface area contributed by atoms with Gasteiger partial charge in [0.1, 0.15) is 5.82 Å². The number of hydrogen-bond acceptors (Lipinski definition) is 4. The molecule has 0 bridgehead atoms. The van der Waals surface area contributed by atoms with Gasteiger partial charge >= 0.3 is 0 Å². The minimum atomic E-state index is 0.818. The first-order chi connectivity index (χ1) is 7.65. The Morgan fingerprint density at radius 1 is 1.19 bits per heavy atom. The molecular weight excluding hydrogens is 202 g/mol. The Hall–Kier alpha value is -0.970. The van der Waals surface area contributed by atoms with Crippen molar-refractivity contribution in [3.63, 3.8) is 0 Å². The molecule has 1 fully saturated rings. The summed E-state index contributed by atoms with van der Waals surface area (Å²) in [5.74, 6) is 2.54. The largest absolute Gasteiger partial charge is 0.301 e. The summed E-state index contributed by atoms with van der Waals surface area (Å²) >= 11 is 0. The lowest BCUT2D eigenvalue weighted by Gasteiger charge is -2.34. The predicted molar refractivity (Wildman–Crippen MR) is 61.9 cm³/mol. The number of hydrogen-bond donors (Lipinski definition) is 0. The highest BCUT2D eigenvalue weighted by Crippen LogP contribution is 2.20. The number of aryl methyl sites for hydroxylation is 1. The quantitative estimate of drug-likeness (QED) is 0.765. The van der Waals surface area contributed by atoms with Crippen LogP contribution in [0.4, 0.5) is 0 Å². The summed E-state index contributed by atoms with van der Waals surface area (Å²) in [6.07, 6.45) is 1.36. The maximum atomic E-state index is 3.97. The Kier molecular flexibility index (Phi) is 3.53. The van der Waals surface area contributed by atoms with Gasteiger partial charge in [0.05, 0.1) is 6.54 Å². The van der Waals surface area contributed by atoms with Gasteiger partial charge in [-0.25, -0.2) is 4.68 Å². The van der Waals surface area contributed by atoms with Crippen molar-refractivity contribution >= 4 is 0 Å². The summed E-state index contributed by atoms with van der Waals surface area (Å²) < 4.78 is 1.88. The molecular formula is C11H21N5. The highest BCUT2D eigenvalue weighted by Gasteiger charge is 2.21. The lowest BCUT2D eigenvalue weighted by Crippen LogP contribution is -2.40. The molecule has 5 nitrogen and oxygen atoms in total. The standard InChI is InChI=1S/C11H21N5/c1-9-6-10(2)8-15(7-9)4-5-16-11(3)12-13-14-16/h9-10H,4-8H2,1-3H3. The average molecular weight is 223 g/mol. The monoisotopic (exact) mass is 223 g/mol. The van der Waals surface area contributed by atoms with E-state index in [1.165, 1.54) is 19.5 Å². The molecule has 0 radical (unpaired) electrons. The molecule has 2 rings (SSSR count). The second-order valence-corrected chi connectivity index (χ2v) is 5.15. The summed E-state index contributed by atoms with van der Waals surface area (Å²) in [5, 5.41) is 11.5. The summed E-state index contributed by atoms with van der Waals surface area (Å²) in [7, 11) is 0. The Bertz CT molecular complexity index is 325. The smallest absolute Gasteiger partial charge is 0.148 e. The van der Waals surface area contributed by atoms with Crippen LogP contribution in [-0.4, -0.2) is 44.7 Å². The van der Waals surface area contributed by atoms with Gasteiger partial charge in [-0.1, -0.05) is 13.8 Å². The number of nitrogens with zero attached hydrogens (tertiary/aromatic N) is 5. The lowest BCUT2D eigenvalue weighted by molar-refractivity contribution is 0.135. The molecule has 1 aromatic heterocycles. The molecule has 2 unspecified atom stereocenters. The minimum absolute atomic E-state index is 0.818. The fraction of sp³-hybridized carbons (Fsp3) is 0.909. The van der Waals surface area contributed by atoms with Gasteiger partial charge in [0.25, 0.3) is 0 Å². The van der Waals surface area contributed by atoms with Crippen LogP contribution in [0.3, 0.4) is 0 Å². The Balaban J connectivity index is 1.84. The summed E-state index contributed by atoms with van der Waals surface area (Å²) in [4.78, 5) is 2.53. The second kappa shape index (κ2) is 4.91. The summed E-state index contributed by atoms with van der Waals surface area (Å²) in [5.41, 5.74) is 0. The van der Waals surface area contributed by atoms with Crippen LogP contribution < -0.4 is 0 Å². The van der Waals surface area contributed by atoms with Crippen molar-refractivity contribution < 1.29 is 0 Å². The Morgan fingerprint density at radius 2 is 1.88 bits per heavy atom. The molecule has 1 aliphatic rings. The van der Waals surface area contributed by atoms with Gasteiger partial charge in [-0.3, -0.25) is 0 Å². The van der Waals surface area contributed by atoms with E-state index in [1.54, 1.807) is 0 Å². The molecule has 1 aromatic rings. The first-order valence-electron chi connectivity index (χ1n) is 6.10. The number of aromatic nitrogens is 4. The van der Waals surface area contributed by atoms with Crippen LogP contribution in [0.1, 0.15) is 26.1 Å². The SMILES string of the molecule is Cc1nnnn1CCN1CC(C)CC(C)C1. The van der Waals surface area contributed by atoms with Crippen LogP contribution in [0.15, 0.2) is 0 Å². The normalized spacial score (nSPS) is 27.2. The van der Waals surface area contributed by atoms with Crippen molar-refractivity contribution in [1.29, 1.82) is 0 Å². The van der Waals surface area contributed by atoms with Gasteiger partial charge < -0.3 is 4.90 Å². The fourth-order valence-corrected chi connectivity index (χ4v) is 2.67. The number of tetrazole rings is 1. The Morgan fingerprint density at radius 3 is 2.44 bits per heavy atom. The van der Waals surface area contributed by atoms with E-state index in [0.717, 1.165) is 30.7 Å². The molecule has 0 amide bonds. The molecule has 0 N–H and O–H groups in total. The molecule has 2 heterocycles. The van der Waals surface area contributed by atoms with E-state index >= 15 is 0 Å². The molecule has 16 heavy (non-hydrogen) atoms. The molecule has 0 saturated carbocycles. The predicted octanol–water partition coefficient (Wildman–Crippen LogP) is 0.959. The topological polar surface area (TPSA) is 46.8 Å². The van der Waals surface area contributed by atoms with E-state index in [9.17, 15) is 0 Å². The van der Waals surface area contributed by atoms with Gasteiger partial charge in [0.15, 0.2) is 0 Å². The minimum Gasteiger partial charge on any atom is -0.301 e. The van der Waals surface area contributed by atoms with Crippen molar-refractivity contribution in [2.45, 2.75) is 33.7 Å². The van der Waals surface area contributed by atoms with Crippen LogP contribution in [0.2, 0.25) is 0 Å². The third kappa shape index (κ3) is 2.78. The summed E-state index contributed by atoms with van der Waals surface area (Å²) in [6.45, 7) is 11.0. The third-order valence-electron chi connectivity index (χ3n) is 3.28. The van der Waals surface area contributed by atoms with Crippen molar-refractivity contribution in [1.82, 2.24) is 25.1 Å². The molecule has 1 saturated heterocycles. The van der Waals surface area contributed by atoms with E-state index in [-0.39, 0.29) is 0 Å².